The highest BCUT2D eigenvalue weighted by molar-refractivity contribution is 9.10. The zero-order chi connectivity index (χ0) is 11.4. The standard InChI is InChI=1S/C10H8BrFN2O/c1-14(5-4-13)10(15)7-2-3-9(12)8(11)6-7/h2-3,6H,5H2,1H3. The van der Waals surface area contributed by atoms with Gasteiger partial charge in [0.15, 0.2) is 0 Å². The summed E-state index contributed by atoms with van der Waals surface area (Å²) in [6, 6.07) is 5.85. The summed E-state index contributed by atoms with van der Waals surface area (Å²) in [7, 11) is 1.52. The third-order valence-electron chi connectivity index (χ3n) is 1.82. The Morgan fingerprint density at radius 1 is 1.67 bits per heavy atom. The predicted octanol–water partition coefficient (Wildman–Crippen LogP) is 2.18. The number of nitriles is 1. The average molecular weight is 271 g/mol. The summed E-state index contributed by atoms with van der Waals surface area (Å²) >= 11 is 2.99. The molecule has 0 radical (unpaired) electrons. The molecule has 0 saturated heterocycles. The van der Waals surface area contributed by atoms with E-state index >= 15 is 0 Å². The summed E-state index contributed by atoms with van der Waals surface area (Å²) < 4.78 is 13.1. The van der Waals surface area contributed by atoms with E-state index in [1.54, 1.807) is 0 Å². The van der Waals surface area contributed by atoms with Crippen molar-refractivity contribution in [1.29, 1.82) is 5.26 Å². The van der Waals surface area contributed by atoms with Crippen LogP contribution < -0.4 is 0 Å². The number of carbonyl (C=O) groups excluding carboxylic acids is 1. The van der Waals surface area contributed by atoms with Gasteiger partial charge in [0.05, 0.1) is 10.5 Å². The molecule has 0 aliphatic rings. The maximum atomic E-state index is 12.9. The van der Waals surface area contributed by atoms with Crippen LogP contribution in [-0.4, -0.2) is 24.4 Å². The molecule has 1 rings (SSSR count). The van der Waals surface area contributed by atoms with Gasteiger partial charge < -0.3 is 4.90 Å². The van der Waals surface area contributed by atoms with Gasteiger partial charge in [0, 0.05) is 12.6 Å². The van der Waals surface area contributed by atoms with Crippen LogP contribution in [0.3, 0.4) is 0 Å². The molecule has 0 aliphatic heterocycles. The molecule has 0 unspecified atom stereocenters. The van der Waals surface area contributed by atoms with Gasteiger partial charge in [-0.3, -0.25) is 4.79 Å². The van der Waals surface area contributed by atoms with Crippen molar-refractivity contribution in [2.45, 2.75) is 0 Å². The van der Waals surface area contributed by atoms with E-state index in [2.05, 4.69) is 15.9 Å². The zero-order valence-corrected chi connectivity index (χ0v) is 9.58. The first-order valence-corrected chi connectivity index (χ1v) is 4.93. The maximum Gasteiger partial charge on any atom is 0.254 e. The van der Waals surface area contributed by atoms with Crippen molar-refractivity contribution in [3.63, 3.8) is 0 Å². The molecular formula is C10H8BrFN2O. The normalized spacial score (nSPS) is 9.47. The number of halogens is 2. The highest BCUT2D eigenvalue weighted by atomic mass is 79.9. The van der Waals surface area contributed by atoms with Crippen LogP contribution in [0.25, 0.3) is 0 Å². The molecule has 0 heterocycles. The summed E-state index contributed by atoms with van der Waals surface area (Å²) in [6.07, 6.45) is 0. The number of amides is 1. The second-order valence-electron chi connectivity index (χ2n) is 2.95. The maximum absolute atomic E-state index is 12.9. The molecule has 0 N–H and O–H groups in total. The summed E-state index contributed by atoms with van der Waals surface area (Å²) in [5, 5.41) is 8.42. The van der Waals surface area contributed by atoms with Crippen molar-refractivity contribution in [1.82, 2.24) is 4.90 Å². The minimum atomic E-state index is -0.422. The fourth-order valence-corrected chi connectivity index (χ4v) is 1.41. The molecule has 5 heteroatoms. The van der Waals surface area contributed by atoms with Crippen molar-refractivity contribution in [2.24, 2.45) is 0 Å². The molecular weight excluding hydrogens is 263 g/mol. The van der Waals surface area contributed by atoms with Crippen LogP contribution in [0.15, 0.2) is 22.7 Å². The van der Waals surface area contributed by atoms with Gasteiger partial charge in [0.2, 0.25) is 0 Å². The van der Waals surface area contributed by atoms with Crippen molar-refractivity contribution < 1.29 is 9.18 Å². The molecule has 15 heavy (non-hydrogen) atoms. The van der Waals surface area contributed by atoms with Gasteiger partial charge in [-0.15, -0.1) is 0 Å². The van der Waals surface area contributed by atoms with Crippen molar-refractivity contribution >= 4 is 21.8 Å². The molecule has 0 spiro atoms. The summed E-state index contributed by atoms with van der Waals surface area (Å²) in [5.41, 5.74) is 0.348. The largest absolute Gasteiger partial charge is 0.328 e. The molecule has 0 bridgehead atoms. The van der Waals surface area contributed by atoms with Crippen LogP contribution in [0, 0.1) is 17.1 Å². The molecule has 0 aromatic heterocycles. The Balaban J connectivity index is 2.93. The lowest BCUT2D eigenvalue weighted by Crippen LogP contribution is -2.26. The second kappa shape index (κ2) is 4.89. The molecule has 78 valence electrons. The van der Waals surface area contributed by atoms with Gasteiger partial charge in [0.1, 0.15) is 12.4 Å². The Morgan fingerprint density at radius 3 is 2.87 bits per heavy atom. The molecule has 0 atom stereocenters. The first-order chi connectivity index (χ1) is 7.06. The van der Waals surface area contributed by atoms with E-state index in [0.29, 0.717) is 5.56 Å². The molecule has 0 saturated carbocycles. The molecule has 1 aromatic rings. The minimum Gasteiger partial charge on any atom is -0.328 e. The van der Waals surface area contributed by atoms with Gasteiger partial charge in [-0.05, 0) is 34.1 Å². The Bertz CT molecular complexity index is 428. The third-order valence-corrected chi connectivity index (χ3v) is 2.43. The lowest BCUT2D eigenvalue weighted by atomic mass is 10.2. The Morgan fingerprint density at radius 2 is 2.33 bits per heavy atom. The van der Waals surface area contributed by atoms with Crippen LogP contribution in [0.1, 0.15) is 10.4 Å². The number of nitrogens with zero attached hydrogens (tertiary/aromatic N) is 2. The average Bonchev–Trinajstić information content (AvgIpc) is 2.21. The number of hydrogen-bond donors (Lipinski definition) is 0. The number of rotatable bonds is 2. The lowest BCUT2D eigenvalue weighted by molar-refractivity contribution is 0.0812. The van der Waals surface area contributed by atoms with Gasteiger partial charge in [-0.1, -0.05) is 0 Å². The van der Waals surface area contributed by atoms with Gasteiger partial charge >= 0.3 is 0 Å². The van der Waals surface area contributed by atoms with Crippen LogP contribution in [0.2, 0.25) is 0 Å². The Labute approximate surface area is 95.2 Å². The van der Waals surface area contributed by atoms with Crippen LogP contribution in [0.4, 0.5) is 4.39 Å². The van der Waals surface area contributed by atoms with E-state index in [1.165, 1.54) is 30.1 Å². The molecule has 0 aliphatic carbocycles. The van der Waals surface area contributed by atoms with E-state index in [4.69, 9.17) is 5.26 Å². The smallest absolute Gasteiger partial charge is 0.254 e. The van der Waals surface area contributed by atoms with Crippen molar-refractivity contribution in [2.75, 3.05) is 13.6 Å². The first kappa shape index (κ1) is 11.7. The molecule has 3 nitrogen and oxygen atoms in total. The molecule has 1 amide bonds. The van der Waals surface area contributed by atoms with E-state index < -0.39 is 5.82 Å². The zero-order valence-electron chi connectivity index (χ0n) is 8.00. The van der Waals surface area contributed by atoms with E-state index in [1.807, 2.05) is 6.07 Å². The van der Waals surface area contributed by atoms with Crippen LogP contribution in [-0.2, 0) is 0 Å². The second-order valence-corrected chi connectivity index (χ2v) is 3.80. The quantitative estimate of drug-likeness (QED) is 0.774. The van der Waals surface area contributed by atoms with Gasteiger partial charge in [-0.2, -0.15) is 5.26 Å². The Kier molecular flexibility index (Phi) is 3.81. The van der Waals surface area contributed by atoms with Crippen LogP contribution >= 0.6 is 15.9 Å². The highest BCUT2D eigenvalue weighted by Crippen LogP contribution is 2.17. The SMILES string of the molecule is CN(CC#N)C(=O)c1ccc(F)c(Br)c1. The van der Waals surface area contributed by atoms with E-state index in [0.717, 1.165) is 0 Å². The summed E-state index contributed by atoms with van der Waals surface area (Å²) in [5.74, 6) is -0.730. The number of benzene rings is 1. The topological polar surface area (TPSA) is 44.1 Å². The summed E-state index contributed by atoms with van der Waals surface area (Å²) in [6.45, 7) is 0.00777. The van der Waals surface area contributed by atoms with Crippen molar-refractivity contribution in [3.8, 4) is 6.07 Å². The predicted molar refractivity (Wildman–Crippen MR) is 56.7 cm³/mol. The highest BCUT2D eigenvalue weighted by Gasteiger charge is 2.12. The minimum absolute atomic E-state index is 0.00777. The monoisotopic (exact) mass is 270 g/mol. The number of hydrogen-bond acceptors (Lipinski definition) is 2. The molecule has 1 aromatic carbocycles. The fraction of sp³-hybridized carbons (Fsp3) is 0.200. The van der Waals surface area contributed by atoms with Gasteiger partial charge in [-0.25, -0.2) is 4.39 Å². The Hall–Kier alpha value is -1.41. The number of carbonyl (C=O) groups is 1. The molecule has 0 fully saturated rings. The van der Waals surface area contributed by atoms with Gasteiger partial charge in [0.25, 0.3) is 5.91 Å². The van der Waals surface area contributed by atoms with Crippen LogP contribution in [0.5, 0.6) is 0 Å². The fourth-order valence-electron chi connectivity index (χ4n) is 1.03. The van der Waals surface area contributed by atoms with E-state index in [9.17, 15) is 9.18 Å². The third kappa shape index (κ3) is 2.77. The lowest BCUT2D eigenvalue weighted by Gasteiger charge is -2.12. The van der Waals surface area contributed by atoms with Crippen molar-refractivity contribution in [3.05, 3.63) is 34.1 Å². The first-order valence-electron chi connectivity index (χ1n) is 4.13. The summed E-state index contributed by atoms with van der Waals surface area (Å²) in [4.78, 5) is 12.9. The van der Waals surface area contributed by atoms with E-state index in [-0.39, 0.29) is 16.9 Å².